The Labute approximate surface area is 205 Å². The van der Waals surface area contributed by atoms with Crippen LogP contribution in [0.2, 0.25) is 0 Å². The van der Waals surface area contributed by atoms with E-state index in [1.807, 2.05) is 6.20 Å². The first kappa shape index (κ1) is 22.7. The van der Waals surface area contributed by atoms with E-state index in [9.17, 15) is 0 Å². The second-order valence-corrected chi connectivity index (χ2v) is 10.6. The highest BCUT2D eigenvalue weighted by atomic mass is 14.7. The molecule has 4 aromatic rings. The SMILES string of the molecule is Cc1cc(C)c(-c2ccc3c(c2)B(c2c(C(C)C)cccc2C(C)C)c2cccnc2-3)c(C)c1. The first-order valence-corrected chi connectivity index (χ1v) is 12.6. The third-order valence-electron chi connectivity index (χ3n) is 7.44. The Morgan fingerprint density at radius 3 is 1.97 bits per heavy atom. The standard InChI is InChI=1S/C32H34BN/c1-19(2)25-10-8-11-26(20(3)4)31(25)33-28-12-9-15-34-32(28)27-14-13-24(18-29(27)33)30-22(6)16-21(5)17-23(30)7/h8-20H,1-7H3. The van der Waals surface area contributed by atoms with E-state index >= 15 is 0 Å². The highest BCUT2D eigenvalue weighted by Gasteiger charge is 2.37. The molecule has 0 radical (unpaired) electrons. The molecule has 0 aliphatic carbocycles. The van der Waals surface area contributed by atoms with Crippen molar-refractivity contribution in [2.45, 2.75) is 60.3 Å². The van der Waals surface area contributed by atoms with E-state index in [0.717, 1.165) is 5.69 Å². The van der Waals surface area contributed by atoms with Gasteiger partial charge in [0.15, 0.2) is 0 Å². The fourth-order valence-electron chi connectivity index (χ4n) is 6.10. The number of aromatic nitrogens is 1. The van der Waals surface area contributed by atoms with Gasteiger partial charge in [-0.25, -0.2) is 0 Å². The average molecular weight is 443 g/mol. The summed E-state index contributed by atoms with van der Waals surface area (Å²) in [5.74, 6) is 0.922. The summed E-state index contributed by atoms with van der Waals surface area (Å²) in [6.07, 6.45) is 1.94. The zero-order chi connectivity index (χ0) is 24.1. The van der Waals surface area contributed by atoms with Gasteiger partial charge >= 0.3 is 0 Å². The lowest BCUT2D eigenvalue weighted by Gasteiger charge is -2.24. The predicted octanol–water partition coefficient (Wildman–Crippen LogP) is 6.42. The van der Waals surface area contributed by atoms with E-state index < -0.39 is 0 Å². The normalized spacial score (nSPS) is 12.4. The van der Waals surface area contributed by atoms with Crippen LogP contribution in [-0.2, 0) is 0 Å². The van der Waals surface area contributed by atoms with Gasteiger partial charge in [0, 0.05) is 6.20 Å². The Morgan fingerprint density at radius 1 is 0.706 bits per heavy atom. The van der Waals surface area contributed by atoms with Crippen LogP contribution in [0.15, 0.2) is 66.9 Å². The fourth-order valence-corrected chi connectivity index (χ4v) is 6.10. The number of benzene rings is 3. The number of aryl methyl sites for hydroxylation is 3. The summed E-state index contributed by atoms with van der Waals surface area (Å²) in [6.45, 7) is 16.1. The first-order valence-electron chi connectivity index (χ1n) is 12.6. The molecular weight excluding hydrogens is 409 g/mol. The quantitative estimate of drug-likeness (QED) is 0.292. The lowest BCUT2D eigenvalue weighted by molar-refractivity contribution is 0.845. The van der Waals surface area contributed by atoms with Gasteiger partial charge in [-0.15, -0.1) is 0 Å². The predicted molar refractivity (Wildman–Crippen MR) is 149 cm³/mol. The highest BCUT2D eigenvalue weighted by Crippen LogP contribution is 2.32. The molecule has 0 amide bonds. The highest BCUT2D eigenvalue weighted by molar-refractivity contribution is 6.99. The summed E-state index contributed by atoms with van der Waals surface area (Å²) in [5.41, 5.74) is 16.2. The van der Waals surface area contributed by atoms with Crippen molar-refractivity contribution in [2.75, 3.05) is 0 Å². The van der Waals surface area contributed by atoms with Crippen molar-refractivity contribution >= 4 is 23.1 Å². The molecule has 1 nitrogen and oxygen atoms in total. The van der Waals surface area contributed by atoms with Crippen LogP contribution in [0, 0.1) is 20.8 Å². The summed E-state index contributed by atoms with van der Waals surface area (Å²) in [7, 11) is 0. The number of hydrogen-bond acceptors (Lipinski definition) is 1. The van der Waals surface area contributed by atoms with E-state index in [1.54, 1.807) is 0 Å². The van der Waals surface area contributed by atoms with Gasteiger partial charge in [-0.1, -0.05) is 98.8 Å². The van der Waals surface area contributed by atoms with Crippen LogP contribution in [0.4, 0.5) is 0 Å². The lowest BCUT2D eigenvalue weighted by Crippen LogP contribution is -2.52. The number of pyridine rings is 1. The molecule has 1 aromatic heterocycles. The monoisotopic (exact) mass is 443 g/mol. The number of fused-ring (bicyclic) bond motifs is 3. The van der Waals surface area contributed by atoms with E-state index in [2.05, 4.69) is 109 Å². The zero-order valence-electron chi connectivity index (χ0n) is 21.5. The number of nitrogens with zero attached hydrogens (tertiary/aromatic N) is 1. The molecule has 1 aliphatic heterocycles. The first-order chi connectivity index (χ1) is 16.3. The molecule has 0 atom stereocenters. The third kappa shape index (κ3) is 3.61. The minimum Gasteiger partial charge on any atom is -0.257 e. The Bertz CT molecular complexity index is 1350. The summed E-state index contributed by atoms with van der Waals surface area (Å²) in [5, 5.41) is 0. The molecular formula is C32H34BN. The topological polar surface area (TPSA) is 12.9 Å². The van der Waals surface area contributed by atoms with Crippen LogP contribution in [0.1, 0.15) is 67.3 Å². The Hall–Kier alpha value is -3.13. The van der Waals surface area contributed by atoms with Crippen LogP contribution < -0.4 is 16.4 Å². The molecule has 2 heteroatoms. The summed E-state index contributed by atoms with van der Waals surface area (Å²) in [6, 6.07) is 22.9. The molecule has 5 rings (SSSR count). The second-order valence-electron chi connectivity index (χ2n) is 10.6. The van der Waals surface area contributed by atoms with Crippen molar-refractivity contribution in [3.8, 4) is 22.4 Å². The molecule has 34 heavy (non-hydrogen) atoms. The number of hydrogen-bond donors (Lipinski definition) is 0. The molecule has 0 N–H and O–H groups in total. The minimum absolute atomic E-state index is 0.209. The summed E-state index contributed by atoms with van der Waals surface area (Å²) >= 11 is 0. The molecule has 170 valence electrons. The van der Waals surface area contributed by atoms with Gasteiger partial charge < -0.3 is 0 Å². The molecule has 0 saturated carbocycles. The average Bonchev–Trinajstić information content (AvgIpc) is 3.11. The van der Waals surface area contributed by atoms with Crippen molar-refractivity contribution < 1.29 is 0 Å². The Balaban J connectivity index is 1.81. The molecule has 2 heterocycles. The maximum absolute atomic E-state index is 4.87. The molecule has 0 spiro atoms. The Morgan fingerprint density at radius 2 is 1.35 bits per heavy atom. The van der Waals surface area contributed by atoms with Crippen molar-refractivity contribution in [3.63, 3.8) is 0 Å². The van der Waals surface area contributed by atoms with Crippen LogP contribution in [0.5, 0.6) is 0 Å². The van der Waals surface area contributed by atoms with Gasteiger partial charge in [-0.2, -0.15) is 0 Å². The maximum atomic E-state index is 4.87. The van der Waals surface area contributed by atoms with Crippen LogP contribution >= 0.6 is 0 Å². The third-order valence-corrected chi connectivity index (χ3v) is 7.44. The van der Waals surface area contributed by atoms with Crippen LogP contribution in [0.25, 0.3) is 22.4 Å². The van der Waals surface area contributed by atoms with Crippen LogP contribution in [-0.4, -0.2) is 11.7 Å². The van der Waals surface area contributed by atoms with Crippen LogP contribution in [0.3, 0.4) is 0 Å². The van der Waals surface area contributed by atoms with E-state index in [4.69, 9.17) is 4.98 Å². The van der Waals surface area contributed by atoms with E-state index in [0.29, 0.717) is 11.8 Å². The molecule has 0 fully saturated rings. The molecule has 1 aliphatic rings. The van der Waals surface area contributed by atoms with Gasteiger partial charge in [0.2, 0.25) is 6.71 Å². The van der Waals surface area contributed by atoms with Crippen molar-refractivity contribution in [1.82, 2.24) is 4.98 Å². The number of rotatable bonds is 4. The second kappa shape index (κ2) is 8.58. The fraction of sp³-hybridized carbons (Fsp3) is 0.281. The van der Waals surface area contributed by atoms with Crippen molar-refractivity contribution in [1.29, 1.82) is 0 Å². The zero-order valence-corrected chi connectivity index (χ0v) is 21.5. The molecule has 0 bridgehead atoms. The van der Waals surface area contributed by atoms with Gasteiger partial charge in [-0.05, 0) is 83.1 Å². The summed E-state index contributed by atoms with van der Waals surface area (Å²) in [4.78, 5) is 4.87. The van der Waals surface area contributed by atoms with Gasteiger partial charge in [0.1, 0.15) is 0 Å². The van der Waals surface area contributed by atoms with Gasteiger partial charge in [-0.3, -0.25) is 4.98 Å². The summed E-state index contributed by atoms with van der Waals surface area (Å²) < 4.78 is 0. The molecule has 0 saturated heterocycles. The molecule has 3 aromatic carbocycles. The minimum atomic E-state index is 0.209. The Kier molecular flexibility index (Phi) is 5.72. The molecule has 0 unspecified atom stereocenters. The lowest BCUT2D eigenvalue weighted by atomic mass is 9.36. The van der Waals surface area contributed by atoms with Gasteiger partial charge in [0.05, 0.1) is 5.69 Å². The van der Waals surface area contributed by atoms with E-state index in [1.165, 1.54) is 60.9 Å². The largest absolute Gasteiger partial charge is 0.257 e. The van der Waals surface area contributed by atoms with Crippen molar-refractivity contribution in [3.05, 3.63) is 94.7 Å². The van der Waals surface area contributed by atoms with E-state index in [-0.39, 0.29) is 6.71 Å². The maximum Gasteiger partial charge on any atom is 0.245 e. The van der Waals surface area contributed by atoms with Crippen molar-refractivity contribution in [2.24, 2.45) is 0 Å². The van der Waals surface area contributed by atoms with Gasteiger partial charge in [0.25, 0.3) is 0 Å². The smallest absolute Gasteiger partial charge is 0.245 e.